The normalized spacial score (nSPS) is 15.8. The first-order chi connectivity index (χ1) is 11.2. The van der Waals surface area contributed by atoms with Gasteiger partial charge in [-0.3, -0.25) is 14.7 Å². The maximum atomic E-state index is 11.3. The van der Waals surface area contributed by atoms with E-state index in [0.717, 1.165) is 78.0 Å². The Morgan fingerprint density at radius 2 is 1.88 bits per heavy atom. The molecule has 0 radical (unpaired) electrons. The van der Waals surface area contributed by atoms with Gasteiger partial charge in [-0.25, -0.2) is 0 Å². The van der Waals surface area contributed by atoms with Crippen molar-refractivity contribution in [2.45, 2.75) is 27.2 Å². The number of rotatable bonds is 9. The second-order valence-corrected chi connectivity index (χ2v) is 5.59. The van der Waals surface area contributed by atoms with Gasteiger partial charge in [0.2, 0.25) is 5.91 Å². The van der Waals surface area contributed by atoms with Crippen LogP contribution in [0.5, 0.6) is 0 Å². The highest BCUT2D eigenvalue weighted by atomic mass is 127. The van der Waals surface area contributed by atoms with Crippen LogP contribution in [-0.4, -0.2) is 87.2 Å². The summed E-state index contributed by atoms with van der Waals surface area (Å²) < 4.78 is 5.32. The monoisotopic (exact) mass is 455 g/mol. The Morgan fingerprint density at radius 3 is 2.46 bits per heavy atom. The molecule has 1 saturated heterocycles. The molecule has 0 unspecified atom stereocenters. The molecule has 1 amide bonds. The van der Waals surface area contributed by atoms with E-state index in [0.29, 0.717) is 0 Å². The molecule has 1 aliphatic rings. The summed E-state index contributed by atoms with van der Waals surface area (Å²) in [5, 5.41) is 6.63. The molecule has 1 rings (SSSR count). The molecule has 0 aromatic heterocycles. The van der Waals surface area contributed by atoms with Crippen molar-refractivity contribution in [2.75, 3.05) is 65.6 Å². The van der Waals surface area contributed by atoms with E-state index in [9.17, 15) is 4.79 Å². The van der Waals surface area contributed by atoms with Crippen LogP contribution in [0.4, 0.5) is 0 Å². The number of amides is 1. The second kappa shape index (κ2) is 14.7. The zero-order valence-corrected chi connectivity index (χ0v) is 17.7. The molecule has 0 saturated carbocycles. The first kappa shape index (κ1) is 23.4. The smallest absolute Gasteiger partial charge is 0.219 e. The lowest BCUT2D eigenvalue weighted by molar-refractivity contribution is -0.130. The van der Waals surface area contributed by atoms with Crippen LogP contribution in [-0.2, 0) is 9.53 Å². The van der Waals surface area contributed by atoms with Crippen LogP contribution in [0, 0.1) is 0 Å². The molecule has 0 atom stereocenters. The Hall–Kier alpha value is -0.610. The number of ether oxygens (including phenoxy) is 1. The molecule has 7 nitrogen and oxygen atoms in total. The van der Waals surface area contributed by atoms with Gasteiger partial charge in [0.05, 0.1) is 0 Å². The van der Waals surface area contributed by atoms with E-state index in [1.54, 1.807) is 6.92 Å². The number of halogens is 1. The fourth-order valence-corrected chi connectivity index (χ4v) is 2.46. The number of guanidine groups is 1. The molecular weight excluding hydrogens is 421 g/mol. The maximum Gasteiger partial charge on any atom is 0.219 e. The lowest BCUT2D eigenvalue weighted by atomic mass is 10.3. The van der Waals surface area contributed by atoms with Crippen molar-refractivity contribution in [3.8, 4) is 0 Å². The van der Waals surface area contributed by atoms with E-state index in [2.05, 4.69) is 27.4 Å². The number of nitrogens with zero attached hydrogens (tertiary/aromatic N) is 3. The molecule has 0 aromatic rings. The average Bonchev–Trinajstić information content (AvgIpc) is 2.55. The zero-order chi connectivity index (χ0) is 16.9. The molecule has 0 aromatic carbocycles. The summed E-state index contributed by atoms with van der Waals surface area (Å²) in [7, 11) is 0. The number of piperazine rings is 1. The number of hydrogen-bond acceptors (Lipinski definition) is 4. The van der Waals surface area contributed by atoms with Gasteiger partial charge in [0.15, 0.2) is 5.96 Å². The molecule has 1 heterocycles. The van der Waals surface area contributed by atoms with Crippen molar-refractivity contribution in [3.05, 3.63) is 0 Å². The largest absolute Gasteiger partial charge is 0.382 e. The molecule has 8 heteroatoms. The fraction of sp³-hybridized carbons (Fsp3) is 0.875. The minimum absolute atomic E-state index is 0. The van der Waals surface area contributed by atoms with Gasteiger partial charge in [0.25, 0.3) is 0 Å². The molecule has 2 N–H and O–H groups in total. The lowest BCUT2D eigenvalue weighted by Crippen LogP contribution is -2.50. The first-order valence-electron chi connectivity index (χ1n) is 8.75. The Bertz CT molecular complexity index is 360. The number of nitrogens with one attached hydrogen (secondary N) is 2. The average molecular weight is 455 g/mol. The van der Waals surface area contributed by atoms with Gasteiger partial charge in [0.1, 0.15) is 0 Å². The summed E-state index contributed by atoms with van der Waals surface area (Å²) in [4.78, 5) is 20.1. The third kappa shape index (κ3) is 10.3. The molecule has 1 fully saturated rings. The fourth-order valence-electron chi connectivity index (χ4n) is 2.46. The van der Waals surface area contributed by atoms with Crippen molar-refractivity contribution in [1.29, 1.82) is 0 Å². The van der Waals surface area contributed by atoms with Gasteiger partial charge >= 0.3 is 0 Å². The summed E-state index contributed by atoms with van der Waals surface area (Å²) in [6, 6.07) is 0. The van der Waals surface area contributed by atoms with Crippen LogP contribution in [0.2, 0.25) is 0 Å². The van der Waals surface area contributed by atoms with E-state index < -0.39 is 0 Å². The topological polar surface area (TPSA) is 69.2 Å². The van der Waals surface area contributed by atoms with Crippen molar-refractivity contribution in [2.24, 2.45) is 4.99 Å². The van der Waals surface area contributed by atoms with Crippen LogP contribution in [0.15, 0.2) is 4.99 Å². The Kier molecular flexibility index (Phi) is 14.3. The third-order valence-electron chi connectivity index (χ3n) is 3.80. The number of carbonyl (C=O) groups is 1. The second-order valence-electron chi connectivity index (χ2n) is 5.59. The molecule has 24 heavy (non-hydrogen) atoms. The van der Waals surface area contributed by atoms with Crippen LogP contribution < -0.4 is 10.6 Å². The summed E-state index contributed by atoms with van der Waals surface area (Å²) >= 11 is 0. The SMILES string of the molecule is CCNC(=NCCCOCC)NCCN1CCN(C(C)=O)CC1.I. The van der Waals surface area contributed by atoms with Crippen LogP contribution >= 0.6 is 24.0 Å². The standard InChI is InChI=1S/C16H33N5O2.HI/c1-4-17-16(18-7-6-14-23-5-2)19-8-9-20-10-12-21(13-11-20)15(3)22;/h4-14H2,1-3H3,(H2,17,18,19);1H. The summed E-state index contributed by atoms with van der Waals surface area (Å²) in [6.45, 7) is 14.3. The maximum absolute atomic E-state index is 11.3. The van der Waals surface area contributed by atoms with Crippen LogP contribution in [0.25, 0.3) is 0 Å². The molecular formula is C16H34IN5O2. The van der Waals surface area contributed by atoms with Gasteiger partial charge in [0, 0.05) is 72.5 Å². The first-order valence-corrected chi connectivity index (χ1v) is 8.75. The van der Waals surface area contributed by atoms with Crippen LogP contribution in [0.3, 0.4) is 0 Å². The summed E-state index contributed by atoms with van der Waals surface area (Å²) in [5.74, 6) is 1.04. The van der Waals surface area contributed by atoms with E-state index in [4.69, 9.17) is 4.74 Å². The van der Waals surface area contributed by atoms with E-state index in [-0.39, 0.29) is 29.9 Å². The highest BCUT2D eigenvalue weighted by Gasteiger charge is 2.17. The molecule has 142 valence electrons. The zero-order valence-electron chi connectivity index (χ0n) is 15.3. The van der Waals surface area contributed by atoms with E-state index in [1.165, 1.54) is 0 Å². The highest BCUT2D eigenvalue weighted by molar-refractivity contribution is 14.0. The highest BCUT2D eigenvalue weighted by Crippen LogP contribution is 2.00. The van der Waals surface area contributed by atoms with Crippen molar-refractivity contribution in [1.82, 2.24) is 20.4 Å². The molecule has 0 bridgehead atoms. The van der Waals surface area contributed by atoms with Gasteiger partial charge in [-0.05, 0) is 20.3 Å². The predicted molar refractivity (Wildman–Crippen MR) is 109 cm³/mol. The van der Waals surface area contributed by atoms with Crippen molar-refractivity contribution < 1.29 is 9.53 Å². The van der Waals surface area contributed by atoms with Crippen molar-refractivity contribution in [3.63, 3.8) is 0 Å². The van der Waals surface area contributed by atoms with Gasteiger partial charge in [-0.15, -0.1) is 24.0 Å². The molecule has 0 aliphatic carbocycles. The third-order valence-corrected chi connectivity index (χ3v) is 3.80. The molecule has 1 aliphatic heterocycles. The number of hydrogen-bond donors (Lipinski definition) is 2. The Morgan fingerprint density at radius 1 is 1.17 bits per heavy atom. The quantitative estimate of drug-likeness (QED) is 0.233. The van der Waals surface area contributed by atoms with Crippen LogP contribution in [0.1, 0.15) is 27.2 Å². The van der Waals surface area contributed by atoms with Gasteiger partial charge < -0.3 is 20.3 Å². The van der Waals surface area contributed by atoms with E-state index in [1.807, 2.05) is 11.8 Å². The summed E-state index contributed by atoms with van der Waals surface area (Å²) in [6.07, 6.45) is 0.942. The Balaban J connectivity index is 0.00000529. The molecule has 0 spiro atoms. The summed E-state index contributed by atoms with van der Waals surface area (Å²) in [5.41, 5.74) is 0. The Labute approximate surface area is 163 Å². The van der Waals surface area contributed by atoms with Crippen molar-refractivity contribution >= 4 is 35.8 Å². The van der Waals surface area contributed by atoms with Gasteiger partial charge in [-0.1, -0.05) is 0 Å². The minimum Gasteiger partial charge on any atom is -0.382 e. The lowest BCUT2D eigenvalue weighted by Gasteiger charge is -2.34. The van der Waals surface area contributed by atoms with Gasteiger partial charge in [-0.2, -0.15) is 0 Å². The number of aliphatic imine (C=N–C) groups is 1. The predicted octanol–water partition coefficient (Wildman–Crippen LogP) is 0.750. The minimum atomic E-state index is 0. The number of carbonyl (C=O) groups excluding carboxylic acids is 1. The van der Waals surface area contributed by atoms with E-state index >= 15 is 0 Å².